The maximum absolute atomic E-state index is 11.2. The lowest BCUT2D eigenvalue weighted by Crippen LogP contribution is -3.00. The Hall–Kier alpha value is -0.440. The summed E-state index contributed by atoms with van der Waals surface area (Å²) in [5.41, 5.74) is 4.00. The van der Waals surface area contributed by atoms with Gasteiger partial charge in [-0.15, -0.1) is 0 Å². The molecule has 0 aromatic heterocycles. The van der Waals surface area contributed by atoms with E-state index >= 15 is 0 Å². The summed E-state index contributed by atoms with van der Waals surface area (Å²) in [7, 11) is -0.809. The van der Waals surface area contributed by atoms with Crippen molar-refractivity contribution >= 4 is 13.2 Å². The lowest BCUT2D eigenvalue weighted by Gasteiger charge is -2.11. The number of nitrogen functional groups attached to an aromatic ring is 1. The van der Waals surface area contributed by atoms with E-state index in [1.807, 2.05) is 24.3 Å². The molecule has 0 aliphatic heterocycles. The summed E-state index contributed by atoms with van der Waals surface area (Å²) in [6.45, 7) is 6.90. The van der Waals surface area contributed by atoms with Crippen molar-refractivity contribution in [2.45, 2.75) is 6.16 Å². The van der Waals surface area contributed by atoms with Gasteiger partial charge >= 0.3 is 0 Å². The zero-order chi connectivity index (χ0) is 11.5. The summed E-state index contributed by atoms with van der Waals surface area (Å²) in [5.74, 6) is 4.81. The number of amides is 1. The van der Waals surface area contributed by atoms with Crippen molar-refractivity contribution in [1.29, 1.82) is 0 Å². The zero-order valence-corrected chi connectivity index (χ0v) is 12.3. The molecule has 0 heterocycles. The van der Waals surface area contributed by atoms with Crippen molar-refractivity contribution in [3.05, 3.63) is 35.4 Å². The maximum atomic E-state index is 11.2. The number of halogens is 1. The Morgan fingerprint density at radius 3 is 2.12 bits per heavy atom. The van der Waals surface area contributed by atoms with Crippen molar-refractivity contribution in [1.82, 2.24) is 5.43 Å². The van der Waals surface area contributed by atoms with Gasteiger partial charge in [0.1, 0.15) is 0 Å². The second kappa shape index (κ2) is 6.33. The molecule has 16 heavy (non-hydrogen) atoms. The summed E-state index contributed by atoms with van der Waals surface area (Å²) < 4.78 is 0. The van der Waals surface area contributed by atoms with Gasteiger partial charge in [-0.25, -0.2) is 5.84 Å². The van der Waals surface area contributed by atoms with Crippen molar-refractivity contribution in [2.75, 3.05) is 20.0 Å². The summed E-state index contributed by atoms with van der Waals surface area (Å²) in [4.78, 5) is 11.2. The number of rotatable bonds is 3. The van der Waals surface area contributed by atoms with Gasteiger partial charge in [0.2, 0.25) is 0 Å². The Morgan fingerprint density at radius 2 is 1.75 bits per heavy atom. The molecule has 1 aromatic rings. The first-order chi connectivity index (χ1) is 6.92. The average molecular weight is 305 g/mol. The second-order valence-corrected chi connectivity index (χ2v) is 9.52. The third kappa shape index (κ3) is 5.06. The maximum Gasteiger partial charge on any atom is 0.265 e. The van der Waals surface area contributed by atoms with Gasteiger partial charge in [0, 0.05) is 32.8 Å². The van der Waals surface area contributed by atoms with Gasteiger partial charge < -0.3 is 17.0 Å². The van der Waals surface area contributed by atoms with Crippen molar-refractivity contribution in [3.8, 4) is 0 Å². The largest absolute Gasteiger partial charge is 1.00 e. The lowest BCUT2D eigenvalue weighted by atomic mass is 10.1. The normalized spacial score (nSPS) is 10.5. The molecule has 0 bridgehead atoms. The Bertz CT molecular complexity index is 346. The smallest absolute Gasteiger partial charge is 0.265 e. The fourth-order valence-electron chi connectivity index (χ4n) is 1.39. The summed E-state index contributed by atoms with van der Waals surface area (Å²) >= 11 is 0. The van der Waals surface area contributed by atoms with Crippen LogP contribution in [0.25, 0.3) is 0 Å². The van der Waals surface area contributed by atoms with Crippen LogP contribution in [-0.2, 0) is 6.16 Å². The van der Waals surface area contributed by atoms with Crippen LogP contribution in [-0.4, -0.2) is 25.9 Å². The van der Waals surface area contributed by atoms with Gasteiger partial charge in [0.15, 0.2) is 0 Å². The predicted molar refractivity (Wildman–Crippen MR) is 66.5 cm³/mol. The third-order valence-corrected chi connectivity index (χ3v) is 3.32. The van der Waals surface area contributed by atoms with E-state index in [1.165, 1.54) is 5.56 Å². The number of benzene rings is 1. The number of hydrogen-bond donors (Lipinski definition) is 2. The van der Waals surface area contributed by atoms with Gasteiger partial charge in [0.25, 0.3) is 5.91 Å². The highest BCUT2D eigenvalue weighted by Crippen LogP contribution is 2.49. The van der Waals surface area contributed by atoms with Gasteiger partial charge in [0.05, 0.1) is 6.16 Å². The van der Waals surface area contributed by atoms with E-state index in [2.05, 4.69) is 25.4 Å². The molecule has 90 valence electrons. The minimum absolute atomic E-state index is 0. The molecule has 0 saturated carbocycles. The van der Waals surface area contributed by atoms with Crippen LogP contribution in [0.5, 0.6) is 0 Å². The number of carbonyl (C=O) groups is 1. The number of hydrazine groups is 1. The van der Waals surface area contributed by atoms with E-state index in [1.54, 1.807) is 0 Å². The SMILES string of the molecule is C[P+](C)(C)Cc1ccc(C(=O)NN)cc1.[Br-]. The molecule has 0 atom stereocenters. The zero-order valence-electron chi connectivity index (χ0n) is 9.83. The average Bonchev–Trinajstić information content (AvgIpc) is 2.15. The van der Waals surface area contributed by atoms with Crippen LogP contribution < -0.4 is 28.2 Å². The Labute approximate surface area is 108 Å². The molecule has 1 rings (SSSR count). The molecule has 0 spiro atoms. The van der Waals surface area contributed by atoms with Gasteiger partial charge in [-0.05, 0) is 17.7 Å². The first-order valence-electron chi connectivity index (χ1n) is 4.83. The molecule has 3 nitrogen and oxygen atoms in total. The Morgan fingerprint density at radius 1 is 1.25 bits per heavy atom. The number of nitrogens with one attached hydrogen (secondary N) is 1. The van der Waals surface area contributed by atoms with E-state index < -0.39 is 7.26 Å². The summed E-state index contributed by atoms with van der Waals surface area (Å²) in [5, 5.41) is 0. The van der Waals surface area contributed by atoms with E-state index in [0.29, 0.717) is 5.56 Å². The van der Waals surface area contributed by atoms with E-state index in [9.17, 15) is 4.79 Å². The van der Waals surface area contributed by atoms with Crippen LogP contribution >= 0.6 is 7.26 Å². The van der Waals surface area contributed by atoms with Gasteiger partial charge in [-0.2, -0.15) is 0 Å². The minimum atomic E-state index is -0.809. The van der Waals surface area contributed by atoms with Gasteiger partial charge in [-0.3, -0.25) is 10.2 Å². The quantitative estimate of drug-likeness (QED) is 0.316. The van der Waals surface area contributed by atoms with Crippen LogP contribution in [0, 0.1) is 0 Å². The topological polar surface area (TPSA) is 55.1 Å². The molecule has 0 unspecified atom stereocenters. The Kier molecular flexibility index (Phi) is 6.16. The van der Waals surface area contributed by atoms with E-state index in [0.717, 1.165) is 6.16 Å². The molecule has 5 heteroatoms. The highest BCUT2D eigenvalue weighted by Gasteiger charge is 2.17. The van der Waals surface area contributed by atoms with Gasteiger partial charge in [-0.1, -0.05) is 12.1 Å². The van der Waals surface area contributed by atoms with E-state index in [-0.39, 0.29) is 22.9 Å². The van der Waals surface area contributed by atoms with Crippen LogP contribution in [0.4, 0.5) is 0 Å². The third-order valence-electron chi connectivity index (χ3n) is 2.00. The monoisotopic (exact) mass is 304 g/mol. The summed E-state index contributed by atoms with van der Waals surface area (Å²) in [6.07, 6.45) is 1.11. The molecule has 0 aliphatic carbocycles. The molecule has 0 radical (unpaired) electrons. The van der Waals surface area contributed by atoms with Crippen molar-refractivity contribution in [2.24, 2.45) is 5.84 Å². The van der Waals surface area contributed by atoms with Crippen LogP contribution in [0.15, 0.2) is 24.3 Å². The van der Waals surface area contributed by atoms with Crippen LogP contribution in [0.3, 0.4) is 0 Å². The summed E-state index contributed by atoms with van der Waals surface area (Å²) in [6, 6.07) is 7.62. The van der Waals surface area contributed by atoms with E-state index in [4.69, 9.17) is 5.84 Å². The molecule has 0 fully saturated rings. The molecule has 1 amide bonds. The fraction of sp³-hybridized carbons (Fsp3) is 0.364. The van der Waals surface area contributed by atoms with Crippen molar-refractivity contribution in [3.63, 3.8) is 0 Å². The number of nitrogens with two attached hydrogens (primary N) is 1. The second-order valence-electron chi connectivity index (χ2n) is 4.62. The minimum Gasteiger partial charge on any atom is -1.00 e. The first kappa shape index (κ1) is 15.6. The highest BCUT2D eigenvalue weighted by atomic mass is 79.9. The molecule has 3 N–H and O–H groups in total. The van der Waals surface area contributed by atoms with Crippen LogP contribution in [0.2, 0.25) is 0 Å². The molecule has 1 aromatic carbocycles. The highest BCUT2D eigenvalue weighted by molar-refractivity contribution is 7.72. The number of carbonyl (C=O) groups excluding carboxylic acids is 1. The number of hydrogen-bond acceptors (Lipinski definition) is 2. The standard InChI is InChI=1S/C11H17N2OP.BrH/c1-15(2,3)8-9-4-6-10(7-5-9)11(14)13-12;/h4-7H,8,12H2,1-3H3;1H. The Balaban J connectivity index is 0.00000225. The lowest BCUT2D eigenvalue weighted by molar-refractivity contribution is -0.0000117. The first-order valence-corrected chi connectivity index (χ1v) is 8.14. The van der Waals surface area contributed by atoms with Crippen LogP contribution in [0.1, 0.15) is 15.9 Å². The van der Waals surface area contributed by atoms with Crippen molar-refractivity contribution < 1.29 is 21.8 Å². The molecular formula is C11H18BrN2OP. The molecule has 0 saturated heterocycles. The molecule has 0 aliphatic rings. The fourth-order valence-corrected chi connectivity index (χ4v) is 2.70. The molecular weight excluding hydrogens is 287 g/mol. The predicted octanol–water partition coefficient (Wildman–Crippen LogP) is -1.30.